The third-order valence-corrected chi connectivity index (χ3v) is 3.79. The first-order chi connectivity index (χ1) is 9.97. The van der Waals surface area contributed by atoms with Gasteiger partial charge in [-0.1, -0.05) is 6.42 Å². The van der Waals surface area contributed by atoms with E-state index >= 15 is 0 Å². The quantitative estimate of drug-likeness (QED) is 0.736. The number of anilines is 1. The van der Waals surface area contributed by atoms with Crippen LogP contribution in [0.2, 0.25) is 0 Å². The van der Waals surface area contributed by atoms with Crippen molar-refractivity contribution in [2.45, 2.75) is 32.3 Å². The largest absolute Gasteiger partial charge is 0.393 e. The minimum absolute atomic E-state index is 0.00862. The summed E-state index contributed by atoms with van der Waals surface area (Å²) in [5.41, 5.74) is 0.944. The SMILES string of the molecule is Cc1cc(F)ccc1NC(=O)C(=O)NCC1CCCC1O. The van der Waals surface area contributed by atoms with E-state index in [-0.39, 0.29) is 12.5 Å². The molecule has 1 aliphatic rings. The average Bonchev–Trinajstić information content (AvgIpc) is 2.84. The van der Waals surface area contributed by atoms with E-state index in [0.29, 0.717) is 11.3 Å². The van der Waals surface area contributed by atoms with Crippen molar-refractivity contribution in [2.24, 2.45) is 5.92 Å². The summed E-state index contributed by atoms with van der Waals surface area (Å²) in [4.78, 5) is 23.5. The number of benzene rings is 1. The molecule has 2 amide bonds. The summed E-state index contributed by atoms with van der Waals surface area (Å²) < 4.78 is 13.0. The number of amides is 2. The van der Waals surface area contributed by atoms with Crippen LogP contribution in [0.25, 0.3) is 0 Å². The molecule has 0 aromatic heterocycles. The zero-order valence-electron chi connectivity index (χ0n) is 11.9. The summed E-state index contributed by atoms with van der Waals surface area (Å²) in [6, 6.07) is 3.91. The Morgan fingerprint density at radius 1 is 1.33 bits per heavy atom. The molecule has 1 aromatic rings. The first-order valence-electron chi connectivity index (χ1n) is 7.01. The summed E-state index contributed by atoms with van der Waals surface area (Å²) >= 11 is 0. The van der Waals surface area contributed by atoms with Gasteiger partial charge in [0, 0.05) is 18.2 Å². The molecule has 2 atom stereocenters. The van der Waals surface area contributed by atoms with Gasteiger partial charge in [-0.25, -0.2) is 4.39 Å². The Kier molecular flexibility index (Phi) is 4.90. The van der Waals surface area contributed by atoms with Crippen LogP contribution < -0.4 is 10.6 Å². The van der Waals surface area contributed by atoms with Gasteiger partial charge in [-0.2, -0.15) is 0 Å². The van der Waals surface area contributed by atoms with Gasteiger partial charge in [0.1, 0.15) is 5.82 Å². The number of hydrogen-bond donors (Lipinski definition) is 3. The van der Waals surface area contributed by atoms with E-state index in [1.54, 1.807) is 6.92 Å². The first-order valence-corrected chi connectivity index (χ1v) is 7.01. The minimum atomic E-state index is -0.794. The Bertz CT molecular complexity index is 548. The normalized spacial score (nSPS) is 21.1. The number of aliphatic hydroxyl groups is 1. The highest BCUT2D eigenvalue weighted by molar-refractivity contribution is 6.39. The maximum atomic E-state index is 13.0. The fourth-order valence-electron chi connectivity index (χ4n) is 2.51. The van der Waals surface area contributed by atoms with Crippen molar-refractivity contribution in [2.75, 3.05) is 11.9 Å². The molecule has 5 nitrogen and oxygen atoms in total. The molecule has 1 fully saturated rings. The Hall–Kier alpha value is -1.95. The van der Waals surface area contributed by atoms with Crippen LogP contribution in [0.3, 0.4) is 0 Å². The molecule has 0 aliphatic heterocycles. The maximum absolute atomic E-state index is 13.0. The highest BCUT2D eigenvalue weighted by atomic mass is 19.1. The van der Waals surface area contributed by atoms with Crippen LogP contribution in [0.15, 0.2) is 18.2 Å². The maximum Gasteiger partial charge on any atom is 0.313 e. The topological polar surface area (TPSA) is 78.4 Å². The van der Waals surface area contributed by atoms with Crippen molar-refractivity contribution in [1.29, 1.82) is 0 Å². The third kappa shape index (κ3) is 4.01. The van der Waals surface area contributed by atoms with Gasteiger partial charge in [0.2, 0.25) is 0 Å². The molecular weight excluding hydrogens is 275 g/mol. The van der Waals surface area contributed by atoms with Crippen molar-refractivity contribution < 1.29 is 19.1 Å². The monoisotopic (exact) mass is 294 g/mol. The Labute approximate surface area is 122 Å². The van der Waals surface area contributed by atoms with Gasteiger partial charge >= 0.3 is 11.8 Å². The second kappa shape index (κ2) is 6.67. The van der Waals surface area contributed by atoms with Crippen LogP contribution in [-0.4, -0.2) is 29.6 Å². The summed E-state index contributed by atoms with van der Waals surface area (Å²) in [6.45, 7) is 1.93. The van der Waals surface area contributed by atoms with Crippen molar-refractivity contribution in [3.63, 3.8) is 0 Å². The van der Waals surface area contributed by atoms with Crippen molar-refractivity contribution >= 4 is 17.5 Å². The van der Waals surface area contributed by atoms with Gasteiger partial charge in [-0.3, -0.25) is 9.59 Å². The van der Waals surface area contributed by atoms with Gasteiger partial charge in [-0.15, -0.1) is 0 Å². The summed E-state index contributed by atoms with van der Waals surface area (Å²) in [5.74, 6) is -1.94. The number of halogens is 1. The van der Waals surface area contributed by atoms with Gasteiger partial charge in [0.05, 0.1) is 6.10 Å². The molecule has 1 saturated carbocycles. The molecule has 1 aliphatic carbocycles. The van der Waals surface area contributed by atoms with Crippen LogP contribution in [0.4, 0.5) is 10.1 Å². The lowest BCUT2D eigenvalue weighted by atomic mass is 10.1. The van der Waals surface area contributed by atoms with Gasteiger partial charge < -0.3 is 15.7 Å². The Morgan fingerprint density at radius 3 is 2.71 bits per heavy atom. The number of rotatable bonds is 3. The van der Waals surface area contributed by atoms with Gasteiger partial charge in [0.25, 0.3) is 0 Å². The molecule has 6 heteroatoms. The zero-order valence-corrected chi connectivity index (χ0v) is 11.9. The molecule has 1 aromatic carbocycles. The Balaban J connectivity index is 1.86. The lowest BCUT2D eigenvalue weighted by molar-refractivity contribution is -0.136. The lowest BCUT2D eigenvalue weighted by Gasteiger charge is -2.15. The molecular formula is C15H19FN2O3. The van der Waals surface area contributed by atoms with Gasteiger partial charge in [-0.05, 0) is 43.5 Å². The van der Waals surface area contributed by atoms with Crippen molar-refractivity contribution in [1.82, 2.24) is 5.32 Å². The molecule has 0 saturated heterocycles. The highest BCUT2D eigenvalue weighted by Crippen LogP contribution is 2.24. The Morgan fingerprint density at radius 2 is 2.10 bits per heavy atom. The summed E-state index contributed by atoms with van der Waals surface area (Å²) in [5, 5.41) is 14.6. The minimum Gasteiger partial charge on any atom is -0.393 e. The van der Waals surface area contributed by atoms with E-state index < -0.39 is 23.7 Å². The number of carbonyl (C=O) groups is 2. The van der Waals surface area contributed by atoms with E-state index in [4.69, 9.17) is 0 Å². The number of aryl methyl sites for hydroxylation is 1. The van der Waals surface area contributed by atoms with Crippen LogP contribution in [0.1, 0.15) is 24.8 Å². The molecule has 2 unspecified atom stereocenters. The standard InChI is InChI=1S/C15H19FN2O3/c1-9-7-11(16)5-6-12(9)18-15(21)14(20)17-8-10-3-2-4-13(10)19/h5-7,10,13,19H,2-4,8H2,1H3,(H,17,20)(H,18,21). The number of nitrogens with one attached hydrogen (secondary N) is 2. The smallest absolute Gasteiger partial charge is 0.313 e. The fourth-order valence-corrected chi connectivity index (χ4v) is 2.51. The molecule has 2 rings (SSSR count). The average molecular weight is 294 g/mol. The zero-order chi connectivity index (χ0) is 15.4. The number of hydrogen-bond acceptors (Lipinski definition) is 3. The molecule has 0 radical (unpaired) electrons. The van der Waals surface area contributed by atoms with E-state index in [2.05, 4.69) is 10.6 Å². The van der Waals surface area contributed by atoms with E-state index in [9.17, 15) is 19.1 Å². The second-order valence-electron chi connectivity index (χ2n) is 5.38. The van der Waals surface area contributed by atoms with Gasteiger partial charge in [0.15, 0.2) is 0 Å². The number of aliphatic hydroxyl groups excluding tert-OH is 1. The molecule has 3 N–H and O–H groups in total. The fraction of sp³-hybridized carbons (Fsp3) is 0.467. The first kappa shape index (κ1) is 15.4. The van der Waals surface area contributed by atoms with Crippen molar-refractivity contribution in [3.05, 3.63) is 29.6 Å². The molecule has 21 heavy (non-hydrogen) atoms. The molecule has 0 spiro atoms. The van der Waals surface area contributed by atoms with Crippen LogP contribution in [-0.2, 0) is 9.59 Å². The van der Waals surface area contributed by atoms with E-state index in [1.807, 2.05) is 0 Å². The van der Waals surface area contributed by atoms with Crippen LogP contribution in [0, 0.1) is 18.7 Å². The second-order valence-corrected chi connectivity index (χ2v) is 5.38. The predicted octanol–water partition coefficient (Wildman–Crippen LogP) is 1.35. The third-order valence-electron chi connectivity index (χ3n) is 3.79. The lowest BCUT2D eigenvalue weighted by Crippen LogP contribution is -2.39. The van der Waals surface area contributed by atoms with Crippen LogP contribution >= 0.6 is 0 Å². The van der Waals surface area contributed by atoms with E-state index in [0.717, 1.165) is 19.3 Å². The number of carbonyl (C=O) groups excluding carboxylic acids is 2. The molecule has 114 valence electrons. The van der Waals surface area contributed by atoms with Crippen LogP contribution in [0.5, 0.6) is 0 Å². The highest BCUT2D eigenvalue weighted by Gasteiger charge is 2.26. The predicted molar refractivity (Wildman–Crippen MR) is 76.1 cm³/mol. The summed E-state index contributed by atoms with van der Waals surface area (Å²) in [7, 11) is 0. The van der Waals surface area contributed by atoms with Crippen molar-refractivity contribution in [3.8, 4) is 0 Å². The molecule has 0 bridgehead atoms. The summed E-state index contributed by atoms with van der Waals surface area (Å²) in [6.07, 6.45) is 2.11. The van der Waals surface area contributed by atoms with E-state index in [1.165, 1.54) is 18.2 Å². The molecule has 0 heterocycles.